The van der Waals surface area contributed by atoms with Gasteiger partial charge in [-0.2, -0.15) is 0 Å². The second-order valence-electron chi connectivity index (χ2n) is 6.48. The summed E-state index contributed by atoms with van der Waals surface area (Å²) in [5.41, 5.74) is 0.573. The lowest BCUT2D eigenvalue weighted by Gasteiger charge is -2.22. The summed E-state index contributed by atoms with van der Waals surface area (Å²) in [6, 6.07) is 10.5. The van der Waals surface area contributed by atoms with Crippen LogP contribution in [-0.2, 0) is 6.42 Å². The Morgan fingerprint density at radius 3 is 2.68 bits per heavy atom. The van der Waals surface area contributed by atoms with Crippen LogP contribution in [0.25, 0.3) is 0 Å². The van der Waals surface area contributed by atoms with Gasteiger partial charge >= 0.3 is 6.36 Å². The highest BCUT2D eigenvalue weighted by Crippen LogP contribution is 2.45. The summed E-state index contributed by atoms with van der Waals surface area (Å²) < 4.78 is 42.0. The van der Waals surface area contributed by atoms with E-state index in [9.17, 15) is 13.2 Å². The average Bonchev–Trinajstić information content (AvgIpc) is 3.17. The number of benzene rings is 1. The van der Waals surface area contributed by atoms with E-state index in [0.717, 1.165) is 25.3 Å². The summed E-state index contributed by atoms with van der Waals surface area (Å²) in [4.78, 5) is 7.64. The molecule has 1 fully saturated rings. The molecule has 0 bridgehead atoms. The van der Waals surface area contributed by atoms with Crippen LogP contribution in [0.3, 0.4) is 0 Å². The average molecular weight is 525 g/mol. The largest absolute Gasteiger partial charge is 0.573 e. The molecule has 1 aliphatic rings. The first-order chi connectivity index (χ1) is 12.9. The van der Waals surface area contributed by atoms with Crippen LogP contribution in [0.15, 0.2) is 46.8 Å². The smallest absolute Gasteiger partial charge is 0.405 e. The van der Waals surface area contributed by atoms with Crippen LogP contribution in [-0.4, -0.2) is 43.9 Å². The van der Waals surface area contributed by atoms with Crippen LogP contribution in [0.1, 0.15) is 22.8 Å². The quantitative estimate of drug-likeness (QED) is 0.332. The van der Waals surface area contributed by atoms with E-state index >= 15 is 0 Å². The molecule has 0 amide bonds. The van der Waals surface area contributed by atoms with Gasteiger partial charge in [-0.3, -0.25) is 4.99 Å². The minimum atomic E-state index is -4.69. The third kappa shape index (κ3) is 6.26. The van der Waals surface area contributed by atoms with E-state index in [2.05, 4.69) is 26.5 Å². The van der Waals surface area contributed by atoms with E-state index < -0.39 is 6.36 Å². The molecule has 1 aliphatic carbocycles. The summed E-state index contributed by atoms with van der Waals surface area (Å²) in [5.74, 6) is 0.597. The minimum Gasteiger partial charge on any atom is -0.405 e. The van der Waals surface area contributed by atoms with Crippen molar-refractivity contribution >= 4 is 41.3 Å². The molecule has 1 saturated carbocycles. The zero-order valence-electron chi connectivity index (χ0n) is 15.6. The number of thiophene rings is 1. The maximum atomic E-state index is 12.6. The Hall–Kier alpha value is -1.49. The zero-order valence-corrected chi connectivity index (χ0v) is 18.7. The van der Waals surface area contributed by atoms with Crippen LogP contribution < -0.4 is 10.1 Å². The maximum Gasteiger partial charge on any atom is 0.573 e. The number of guanidine groups is 1. The molecule has 1 heterocycles. The number of para-hydroxylation sites is 1. The fourth-order valence-corrected chi connectivity index (χ4v) is 3.75. The molecule has 0 spiro atoms. The monoisotopic (exact) mass is 525 g/mol. The van der Waals surface area contributed by atoms with Crippen molar-refractivity contribution in [1.29, 1.82) is 0 Å². The molecule has 28 heavy (non-hydrogen) atoms. The van der Waals surface area contributed by atoms with Gasteiger partial charge in [0.05, 0.1) is 0 Å². The van der Waals surface area contributed by atoms with Gasteiger partial charge in [0.25, 0.3) is 0 Å². The maximum absolute atomic E-state index is 12.6. The summed E-state index contributed by atoms with van der Waals surface area (Å²) in [6.45, 7) is 0.811. The zero-order chi connectivity index (χ0) is 19.4. The number of hydrogen-bond acceptors (Lipinski definition) is 3. The van der Waals surface area contributed by atoms with E-state index in [1.165, 1.54) is 10.9 Å². The fraction of sp³-hybridized carbons (Fsp3) is 0.421. The Kier molecular flexibility index (Phi) is 7.99. The Morgan fingerprint density at radius 1 is 1.29 bits per heavy atom. The summed E-state index contributed by atoms with van der Waals surface area (Å²) >= 11 is 1.72. The number of nitrogens with one attached hydrogen (secondary N) is 1. The molecule has 4 nitrogen and oxygen atoms in total. The molecule has 1 aromatic carbocycles. The number of rotatable bonds is 6. The van der Waals surface area contributed by atoms with Crippen LogP contribution in [0.2, 0.25) is 0 Å². The molecule has 1 N–H and O–H groups in total. The highest BCUT2D eigenvalue weighted by atomic mass is 127. The van der Waals surface area contributed by atoms with Gasteiger partial charge in [0.1, 0.15) is 5.75 Å². The molecule has 2 aromatic rings. The number of halogens is 4. The van der Waals surface area contributed by atoms with Gasteiger partial charge in [-0.1, -0.05) is 24.3 Å². The minimum absolute atomic E-state index is 0. The molecule has 9 heteroatoms. The van der Waals surface area contributed by atoms with Gasteiger partial charge in [0.15, 0.2) is 5.96 Å². The van der Waals surface area contributed by atoms with Gasteiger partial charge in [-0.25, -0.2) is 0 Å². The second-order valence-corrected chi connectivity index (χ2v) is 7.51. The van der Waals surface area contributed by atoms with Crippen molar-refractivity contribution in [2.75, 3.05) is 20.6 Å². The lowest BCUT2D eigenvalue weighted by Crippen LogP contribution is -2.41. The summed E-state index contributed by atoms with van der Waals surface area (Å²) in [5, 5.41) is 5.40. The number of likely N-dealkylation sites (N-methyl/N-ethyl adjacent to an activating group) is 1. The summed E-state index contributed by atoms with van der Waals surface area (Å²) in [7, 11) is 3.67. The summed E-state index contributed by atoms with van der Waals surface area (Å²) in [6.07, 6.45) is -3.02. The first kappa shape index (κ1) is 22.8. The fourth-order valence-electron chi connectivity index (χ4n) is 3.05. The van der Waals surface area contributed by atoms with E-state index in [1.54, 1.807) is 36.6 Å². The first-order valence-electron chi connectivity index (χ1n) is 8.69. The van der Waals surface area contributed by atoms with Gasteiger partial charge in [0, 0.05) is 37.5 Å². The Morgan fingerprint density at radius 2 is 2.04 bits per heavy atom. The molecule has 2 unspecified atom stereocenters. The lowest BCUT2D eigenvalue weighted by molar-refractivity contribution is -0.274. The SMILES string of the molecule is CN=C(NC1CC1c1ccccc1OC(F)(F)F)N(C)CCc1cccs1.I. The number of hydrogen-bond donors (Lipinski definition) is 1. The highest BCUT2D eigenvalue weighted by Gasteiger charge is 2.42. The van der Waals surface area contributed by atoms with Crippen LogP contribution >= 0.6 is 35.3 Å². The van der Waals surface area contributed by atoms with E-state index in [0.29, 0.717) is 5.56 Å². The van der Waals surface area contributed by atoms with Gasteiger partial charge in [0.2, 0.25) is 0 Å². The molecule has 2 atom stereocenters. The second kappa shape index (κ2) is 9.82. The van der Waals surface area contributed by atoms with Crippen LogP contribution in [0.5, 0.6) is 5.75 Å². The van der Waals surface area contributed by atoms with Crippen molar-refractivity contribution in [3.8, 4) is 5.75 Å². The predicted octanol–water partition coefficient (Wildman–Crippen LogP) is 4.87. The van der Waals surface area contributed by atoms with Crippen molar-refractivity contribution in [2.24, 2.45) is 4.99 Å². The lowest BCUT2D eigenvalue weighted by atomic mass is 10.1. The number of nitrogens with zero attached hydrogens (tertiary/aromatic N) is 2. The van der Waals surface area contributed by atoms with Crippen molar-refractivity contribution in [3.05, 3.63) is 52.2 Å². The molecule has 3 rings (SSSR count). The Bertz CT molecular complexity index is 783. The number of ether oxygens (including phenoxy) is 1. The highest BCUT2D eigenvalue weighted by molar-refractivity contribution is 14.0. The van der Waals surface area contributed by atoms with Crippen molar-refractivity contribution < 1.29 is 17.9 Å². The van der Waals surface area contributed by atoms with Crippen molar-refractivity contribution in [2.45, 2.75) is 31.2 Å². The third-order valence-electron chi connectivity index (χ3n) is 4.50. The molecule has 0 aliphatic heterocycles. The topological polar surface area (TPSA) is 36.9 Å². The van der Waals surface area contributed by atoms with Gasteiger partial charge in [-0.15, -0.1) is 48.5 Å². The Labute approximate surface area is 183 Å². The molecular weight excluding hydrogens is 502 g/mol. The number of alkyl halides is 3. The van der Waals surface area contributed by atoms with Crippen molar-refractivity contribution in [3.63, 3.8) is 0 Å². The van der Waals surface area contributed by atoms with Crippen molar-refractivity contribution in [1.82, 2.24) is 10.2 Å². The normalized spacial score (nSPS) is 19.0. The van der Waals surface area contributed by atoms with Gasteiger partial charge < -0.3 is 15.0 Å². The predicted molar refractivity (Wildman–Crippen MR) is 117 cm³/mol. The van der Waals surface area contributed by atoms with Crippen LogP contribution in [0, 0.1) is 0 Å². The molecule has 154 valence electrons. The van der Waals surface area contributed by atoms with E-state index in [1.807, 2.05) is 18.0 Å². The van der Waals surface area contributed by atoms with Crippen LogP contribution in [0.4, 0.5) is 13.2 Å². The standard InChI is InChI=1S/C19H22F3N3OS.HI/c1-23-18(25(2)10-9-13-6-5-11-27-13)24-16-12-15(16)14-7-3-4-8-17(14)26-19(20,21)22;/h3-8,11,15-16H,9-10,12H2,1-2H3,(H,23,24);1H. The third-order valence-corrected chi connectivity index (χ3v) is 5.43. The molecular formula is C19H23F3IN3OS. The molecule has 0 saturated heterocycles. The first-order valence-corrected chi connectivity index (χ1v) is 9.57. The number of aliphatic imine (C=N–C) groups is 1. The van der Waals surface area contributed by atoms with E-state index in [-0.39, 0.29) is 41.7 Å². The van der Waals surface area contributed by atoms with E-state index in [4.69, 9.17) is 0 Å². The molecule has 0 radical (unpaired) electrons. The van der Waals surface area contributed by atoms with Gasteiger partial charge in [-0.05, 0) is 35.9 Å². The molecule has 1 aromatic heterocycles. The Balaban J connectivity index is 0.00000280.